The standard InChI is InChI=1S/C20H18FNO4S/c1-24-17-5-7-18(8-6-17)25-9-10-26-19(23)12-16-13-27-20(22-16)14-3-2-4-15(21)11-14/h2-8,11,13H,9-10,12H2,1H3. The molecule has 0 spiro atoms. The summed E-state index contributed by atoms with van der Waals surface area (Å²) in [5.41, 5.74) is 1.29. The van der Waals surface area contributed by atoms with E-state index in [1.807, 2.05) is 0 Å². The number of nitrogens with zero attached hydrogens (tertiary/aromatic N) is 1. The largest absolute Gasteiger partial charge is 0.497 e. The number of hydrogen-bond acceptors (Lipinski definition) is 6. The Morgan fingerprint density at radius 2 is 1.89 bits per heavy atom. The fraction of sp³-hybridized carbons (Fsp3) is 0.200. The molecule has 27 heavy (non-hydrogen) atoms. The van der Waals surface area contributed by atoms with Gasteiger partial charge in [0.05, 0.1) is 19.2 Å². The lowest BCUT2D eigenvalue weighted by atomic mass is 10.2. The number of thiazole rings is 1. The number of carbonyl (C=O) groups is 1. The molecular weight excluding hydrogens is 369 g/mol. The molecule has 0 aliphatic carbocycles. The zero-order chi connectivity index (χ0) is 19.1. The summed E-state index contributed by atoms with van der Waals surface area (Å²) >= 11 is 1.36. The van der Waals surface area contributed by atoms with Crippen molar-refractivity contribution in [2.24, 2.45) is 0 Å². The SMILES string of the molecule is COc1ccc(OCCOC(=O)Cc2csc(-c3cccc(F)c3)n2)cc1. The maximum absolute atomic E-state index is 13.3. The third-order valence-electron chi connectivity index (χ3n) is 3.62. The molecule has 0 saturated carbocycles. The topological polar surface area (TPSA) is 57.7 Å². The zero-order valence-electron chi connectivity index (χ0n) is 14.7. The van der Waals surface area contributed by atoms with E-state index in [1.165, 1.54) is 23.5 Å². The number of halogens is 1. The number of ether oxygens (including phenoxy) is 3. The van der Waals surface area contributed by atoms with Gasteiger partial charge in [0, 0.05) is 10.9 Å². The quantitative estimate of drug-likeness (QED) is 0.430. The van der Waals surface area contributed by atoms with Crippen LogP contribution >= 0.6 is 11.3 Å². The Bertz CT molecular complexity index is 895. The van der Waals surface area contributed by atoms with E-state index in [0.717, 1.165) is 5.75 Å². The number of hydrogen-bond donors (Lipinski definition) is 0. The highest BCUT2D eigenvalue weighted by Gasteiger charge is 2.10. The summed E-state index contributed by atoms with van der Waals surface area (Å²) in [5, 5.41) is 2.44. The third-order valence-corrected chi connectivity index (χ3v) is 4.56. The van der Waals surface area contributed by atoms with Crippen LogP contribution in [0.25, 0.3) is 10.6 Å². The van der Waals surface area contributed by atoms with E-state index in [2.05, 4.69) is 4.98 Å². The van der Waals surface area contributed by atoms with E-state index >= 15 is 0 Å². The van der Waals surface area contributed by atoms with Gasteiger partial charge in [0.25, 0.3) is 0 Å². The number of rotatable bonds is 8. The molecule has 0 aliphatic heterocycles. The predicted octanol–water partition coefficient (Wildman–Crippen LogP) is 4.12. The molecular formula is C20H18FNO4S. The van der Waals surface area contributed by atoms with E-state index in [1.54, 1.807) is 48.9 Å². The van der Waals surface area contributed by atoms with Crippen LogP contribution in [-0.2, 0) is 16.0 Å². The molecule has 0 radical (unpaired) electrons. The molecule has 0 atom stereocenters. The van der Waals surface area contributed by atoms with Gasteiger partial charge in [-0.2, -0.15) is 0 Å². The summed E-state index contributed by atoms with van der Waals surface area (Å²) in [6, 6.07) is 13.3. The first-order valence-electron chi connectivity index (χ1n) is 8.27. The monoisotopic (exact) mass is 387 g/mol. The second-order valence-corrected chi connectivity index (χ2v) is 6.43. The molecule has 3 aromatic rings. The van der Waals surface area contributed by atoms with E-state index in [0.29, 0.717) is 22.0 Å². The second kappa shape index (κ2) is 9.14. The fourth-order valence-electron chi connectivity index (χ4n) is 2.33. The summed E-state index contributed by atoms with van der Waals surface area (Å²) in [7, 11) is 1.60. The minimum absolute atomic E-state index is 0.0638. The highest BCUT2D eigenvalue weighted by atomic mass is 32.1. The Balaban J connectivity index is 1.43. The Labute approximate surface area is 160 Å². The molecule has 3 rings (SSSR count). The van der Waals surface area contributed by atoms with Gasteiger partial charge in [-0.25, -0.2) is 9.37 Å². The van der Waals surface area contributed by atoms with Gasteiger partial charge in [-0.3, -0.25) is 4.79 Å². The molecule has 0 aliphatic rings. The van der Waals surface area contributed by atoms with Crippen LogP contribution in [0.15, 0.2) is 53.9 Å². The zero-order valence-corrected chi connectivity index (χ0v) is 15.5. The molecule has 0 saturated heterocycles. The predicted molar refractivity (Wildman–Crippen MR) is 101 cm³/mol. The van der Waals surface area contributed by atoms with Crippen molar-refractivity contribution in [1.82, 2.24) is 4.98 Å². The summed E-state index contributed by atoms with van der Waals surface area (Å²) in [6.07, 6.45) is 0.0638. The second-order valence-electron chi connectivity index (χ2n) is 5.58. The summed E-state index contributed by atoms with van der Waals surface area (Å²) in [6.45, 7) is 0.398. The Hall–Kier alpha value is -2.93. The molecule has 0 N–H and O–H groups in total. The van der Waals surface area contributed by atoms with Crippen LogP contribution in [0.3, 0.4) is 0 Å². The van der Waals surface area contributed by atoms with Gasteiger partial charge in [-0.15, -0.1) is 11.3 Å². The fourth-order valence-corrected chi connectivity index (χ4v) is 3.14. The van der Waals surface area contributed by atoms with Crippen molar-refractivity contribution in [3.8, 4) is 22.1 Å². The van der Waals surface area contributed by atoms with Crippen LogP contribution in [0.4, 0.5) is 4.39 Å². The smallest absolute Gasteiger partial charge is 0.312 e. The first kappa shape index (κ1) is 18.8. The minimum atomic E-state index is -0.385. The molecule has 2 aromatic carbocycles. The first-order valence-corrected chi connectivity index (χ1v) is 9.15. The Morgan fingerprint density at radius 1 is 1.11 bits per heavy atom. The molecule has 0 bridgehead atoms. The van der Waals surface area contributed by atoms with E-state index in [9.17, 15) is 9.18 Å². The highest BCUT2D eigenvalue weighted by Crippen LogP contribution is 2.24. The summed E-state index contributed by atoms with van der Waals surface area (Å²) in [5.74, 6) is 0.714. The van der Waals surface area contributed by atoms with Crippen molar-refractivity contribution in [2.45, 2.75) is 6.42 Å². The molecule has 1 aromatic heterocycles. The van der Waals surface area contributed by atoms with Crippen LogP contribution in [0.2, 0.25) is 0 Å². The van der Waals surface area contributed by atoms with Crippen molar-refractivity contribution in [3.05, 3.63) is 65.4 Å². The van der Waals surface area contributed by atoms with Gasteiger partial charge in [-0.1, -0.05) is 12.1 Å². The third kappa shape index (κ3) is 5.52. The van der Waals surface area contributed by atoms with E-state index in [4.69, 9.17) is 14.2 Å². The Kier molecular flexibility index (Phi) is 6.38. The molecule has 0 amide bonds. The van der Waals surface area contributed by atoms with Gasteiger partial charge in [-0.05, 0) is 36.4 Å². The molecule has 0 fully saturated rings. The van der Waals surface area contributed by atoms with E-state index < -0.39 is 0 Å². The number of aromatic nitrogens is 1. The maximum atomic E-state index is 13.3. The van der Waals surface area contributed by atoms with Crippen molar-refractivity contribution < 1.29 is 23.4 Å². The van der Waals surface area contributed by atoms with Gasteiger partial charge in [0.15, 0.2) is 0 Å². The summed E-state index contributed by atoms with van der Waals surface area (Å²) < 4.78 is 29.0. The molecule has 5 nitrogen and oxygen atoms in total. The van der Waals surface area contributed by atoms with Crippen LogP contribution in [0.1, 0.15) is 5.69 Å². The molecule has 140 valence electrons. The molecule has 0 unspecified atom stereocenters. The summed E-state index contributed by atoms with van der Waals surface area (Å²) in [4.78, 5) is 16.3. The van der Waals surface area contributed by atoms with Crippen LogP contribution < -0.4 is 9.47 Å². The van der Waals surface area contributed by atoms with Crippen molar-refractivity contribution in [3.63, 3.8) is 0 Å². The van der Waals surface area contributed by atoms with Crippen LogP contribution in [0, 0.1) is 5.82 Å². The highest BCUT2D eigenvalue weighted by molar-refractivity contribution is 7.13. The maximum Gasteiger partial charge on any atom is 0.312 e. The normalized spacial score (nSPS) is 10.4. The van der Waals surface area contributed by atoms with Crippen LogP contribution in [0.5, 0.6) is 11.5 Å². The number of benzene rings is 2. The number of carbonyl (C=O) groups excluding carboxylic acids is 1. The molecule has 7 heteroatoms. The minimum Gasteiger partial charge on any atom is -0.497 e. The van der Waals surface area contributed by atoms with Crippen molar-refractivity contribution in [1.29, 1.82) is 0 Å². The number of esters is 1. The first-order chi connectivity index (χ1) is 13.1. The van der Waals surface area contributed by atoms with Crippen LogP contribution in [-0.4, -0.2) is 31.3 Å². The van der Waals surface area contributed by atoms with Gasteiger partial charge >= 0.3 is 5.97 Å². The number of methoxy groups -OCH3 is 1. The van der Waals surface area contributed by atoms with E-state index in [-0.39, 0.29) is 31.4 Å². The van der Waals surface area contributed by atoms with Gasteiger partial charge in [0.1, 0.15) is 35.5 Å². The Morgan fingerprint density at radius 3 is 2.63 bits per heavy atom. The van der Waals surface area contributed by atoms with Gasteiger partial charge < -0.3 is 14.2 Å². The lowest BCUT2D eigenvalue weighted by Crippen LogP contribution is -2.14. The van der Waals surface area contributed by atoms with Crippen molar-refractivity contribution in [2.75, 3.05) is 20.3 Å². The average molecular weight is 387 g/mol. The molecule has 1 heterocycles. The van der Waals surface area contributed by atoms with Crippen molar-refractivity contribution >= 4 is 17.3 Å². The average Bonchev–Trinajstić information content (AvgIpc) is 3.14. The lowest BCUT2D eigenvalue weighted by Gasteiger charge is -2.07. The van der Waals surface area contributed by atoms with Gasteiger partial charge in [0.2, 0.25) is 0 Å². The lowest BCUT2D eigenvalue weighted by molar-refractivity contribution is -0.143.